The van der Waals surface area contributed by atoms with Crippen LogP contribution >= 0.6 is 0 Å². The van der Waals surface area contributed by atoms with E-state index in [2.05, 4.69) is 180 Å². The maximum Gasteiger partial charge on any atom is 0.496 e. The molecule has 2 heterocycles. The van der Waals surface area contributed by atoms with Gasteiger partial charge in [-0.05, 0) is 112 Å². The highest BCUT2D eigenvalue weighted by molar-refractivity contribution is 6.69. The molecule has 0 atom stereocenters. The molecule has 2 aliphatic rings. The maximum absolute atomic E-state index is 6.71. The molecular weight excluding hydrogens is 621 g/mol. The Labute approximate surface area is 299 Å². The van der Waals surface area contributed by atoms with E-state index in [1.54, 1.807) is 0 Å². The third kappa shape index (κ3) is 4.15. The van der Waals surface area contributed by atoms with E-state index in [0.29, 0.717) is 0 Å². The number of fused-ring (bicyclic) bond motifs is 9. The molecule has 4 heteroatoms. The molecule has 1 aliphatic carbocycles. The zero-order chi connectivity index (χ0) is 34.9. The average molecular weight is 662 g/mol. The molecule has 0 unspecified atom stereocenters. The lowest BCUT2D eigenvalue weighted by Crippen LogP contribution is -2.41. The van der Waals surface area contributed by atoms with Gasteiger partial charge in [-0.25, -0.2) is 0 Å². The molecule has 0 bridgehead atoms. The SMILES string of the molecule is CC1(C)c2ccccc2-c2ccc3c4cc(-c5c6ccccc6c(B6OC(C)(C)C(C)(C)O6)c6ccccc56)ccc4n(-c4ccccc4)c3c21. The fraction of sp³-hybridized carbons (Fsp3) is 0.191. The van der Waals surface area contributed by atoms with Gasteiger partial charge in [0.05, 0.1) is 22.2 Å². The summed E-state index contributed by atoms with van der Waals surface area (Å²) >= 11 is 0. The second-order valence-corrected chi connectivity index (χ2v) is 15.9. The van der Waals surface area contributed by atoms with Crippen molar-refractivity contribution in [2.45, 2.75) is 58.2 Å². The van der Waals surface area contributed by atoms with E-state index >= 15 is 0 Å². The van der Waals surface area contributed by atoms with E-state index in [4.69, 9.17) is 9.31 Å². The first-order chi connectivity index (χ1) is 24.6. The molecule has 10 rings (SSSR count). The van der Waals surface area contributed by atoms with Crippen molar-refractivity contribution in [2.24, 2.45) is 0 Å². The second kappa shape index (κ2) is 10.4. The van der Waals surface area contributed by atoms with Crippen LogP contribution in [0, 0.1) is 0 Å². The summed E-state index contributed by atoms with van der Waals surface area (Å²) in [4.78, 5) is 0. The lowest BCUT2D eigenvalue weighted by Gasteiger charge is -2.32. The summed E-state index contributed by atoms with van der Waals surface area (Å²) in [5, 5.41) is 7.25. The van der Waals surface area contributed by atoms with Gasteiger partial charge in [-0.2, -0.15) is 0 Å². The molecule has 248 valence electrons. The predicted octanol–water partition coefficient (Wildman–Crippen LogP) is 11.4. The topological polar surface area (TPSA) is 23.4 Å². The highest BCUT2D eigenvalue weighted by Crippen LogP contribution is 2.53. The van der Waals surface area contributed by atoms with E-state index < -0.39 is 18.3 Å². The number of para-hydroxylation sites is 1. The molecule has 51 heavy (non-hydrogen) atoms. The minimum absolute atomic E-state index is 0.148. The van der Waals surface area contributed by atoms with Crippen molar-refractivity contribution in [1.82, 2.24) is 4.57 Å². The number of rotatable bonds is 3. The second-order valence-electron chi connectivity index (χ2n) is 15.9. The van der Waals surface area contributed by atoms with Crippen molar-refractivity contribution in [1.29, 1.82) is 0 Å². The lowest BCUT2D eigenvalue weighted by molar-refractivity contribution is 0.00578. The average Bonchev–Trinajstić information content (AvgIpc) is 3.67. The zero-order valence-corrected chi connectivity index (χ0v) is 30.0. The molecule has 3 nitrogen and oxygen atoms in total. The van der Waals surface area contributed by atoms with Crippen LogP contribution in [0.5, 0.6) is 0 Å². The van der Waals surface area contributed by atoms with Crippen molar-refractivity contribution in [3.63, 3.8) is 0 Å². The summed E-state index contributed by atoms with van der Waals surface area (Å²) in [5.41, 5.74) is 11.6. The van der Waals surface area contributed by atoms with Crippen molar-refractivity contribution >= 4 is 55.9 Å². The van der Waals surface area contributed by atoms with Crippen LogP contribution in [0.2, 0.25) is 0 Å². The smallest absolute Gasteiger partial charge is 0.399 e. The van der Waals surface area contributed by atoms with E-state index in [9.17, 15) is 0 Å². The van der Waals surface area contributed by atoms with E-state index in [1.165, 1.54) is 71.6 Å². The van der Waals surface area contributed by atoms with E-state index in [0.717, 1.165) is 16.2 Å². The summed E-state index contributed by atoms with van der Waals surface area (Å²) in [7, 11) is -0.472. The van der Waals surface area contributed by atoms with Crippen LogP contribution < -0.4 is 5.46 Å². The molecular formula is C47H40BNO2. The summed E-state index contributed by atoms with van der Waals surface area (Å²) in [5.74, 6) is 0. The molecule has 1 aromatic heterocycles. The molecule has 0 radical (unpaired) electrons. The van der Waals surface area contributed by atoms with Crippen LogP contribution in [0.25, 0.3) is 71.3 Å². The Morgan fingerprint density at radius 2 is 1.10 bits per heavy atom. The molecule has 0 N–H and O–H groups in total. The first-order valence-electron chi connectivity index (χ1n) is 18.1. The molecule has 1 aliphatic heterocycles. The van der Waals surface area contributed by atoms with Gasteiger partial charge in [-0.15, -0.1) is 0 Å². The summed E-state index contributed by atoms with van der Waals surface area (Å²) < 4.78 is 15.9. The van der Waals surface area contributed by atoms with Crippen LogP contribution in [0.3, 0.4) is 0 Å². The molecule has 0 amide bonds. The number of hydrogen-bond donors (Lipinski definition) is 0. The Morgan fingerprint density at radius 3 is 1.76 bits per heavy atom. The van der Waals surface area contributed by atoms with Crippen LogP contribution in [0.15, 0.2) is 133 Å². The van der Waals surface area contributed by atoms with Gasteiger partial charge >= 0.3 is 7.12 Å². The minimum Gasteiger partial charge on any atom is -0.399 e. The van der Waals surface area contributed by atoms with Crippen LogP contribution in [0.1, 0.15) is 52.7 Å². The predicted molar refractivity (Wildman–Crippen MR) is 215 cm³/mol. The monoisotopic (exact) mass is 661 g/mol. The number of aromatic nitrogens is 1. The Hall–Kier alpha value is -5.16. The normalized spacial score (nSPS) is 17.1. The molecule has 8 aromatic rings. The van der Waals surface area contributed by atoms with Gasteiger partial charge in [0.1, 0.15) is 0 Å². The quantitative estimate of drug-likeness (QED) is 0.139. The van der Waals surface area contributed by atoms with Crippen LogP contribution in [-0.2, 0) is 14.7 Å². The van der Waals surface area contributed by atoms with Crippen molar-refractivity contribution < 1.29 is 9.31 Å². The maximum atomic E-state index is 6.71. The first-order valence-corrected chi connectivity index (χ1v) is 18.1. The number of hydrogen-bond acceptors (Lipinski definition) is 2. The first kappa shape index (κ1) is 30.7. The Balaban J connectivity index is 1.28. The van der Waals surface area contributed by atoms with Crippen LogP contribution in [-0.4, -0.2) is 22.9 Å². The Morgan fingerprint density at radius 1 is 0.510 bits per heavy atom. The highest BCUT2D eigenvalue weighted by Gasteiger charge is 2.52. The molecule has 0 spiro atoms. The van der Waals surface area contributed by atoms with Crippen molar-refractivity contribution in [2.75, 3.05) is 0 Å². The third-order valence-corrected chi connectivity index (χ3v) is 12.2. The molecule has 1 fully saturated rings. The van der Waals surface area contributed by atoms with Gasteiger partial charge < -0.3 is 13.9 Å². The van der Waals surface area contributed by atoms with E-state index in [1.807, 2.05) is 0 Å². The number of benzene rings is 7. The number of nitrogens with zero attached hydrogens (tertiary/aromatic N) is 1. The van der Waals surface area contributed by atoms with Gasteiger partial charge in [0, 0.05) is 21.9 Å². The third-order valence-electron chi connectivity index (χ3n) is 12.2. The Bertz CT molecular complexity index is 2660. The van der Waals surface area contributed by atoms with Crippen molar-refractivity contribution in [3.05, 3.63) is 145 Å². The largest absolute Gasteiger partial charge is 0.496 e. The lowest BCUT2D eigenvalue weighted by atomic mass is 9.71. The van der Waals surface area contributed by atoms with E-state index in [-0.39, 0.29) is 5.41 Å². The van der Waals surface area contributed by atoms with Gasteiger partial charge in [0.2, 0.25) is 0 Å². The van der Waals surface area contributed by atoms with Crippen LogP contribution in [0.4, 0.5) is 0 Å². The summed E-state index contributed by atoms with van der Waals surface area (Å²) in [6, 6.07) is 49.1. The highest BCUT2D eigenvalue weighted by atomic mass is 16.7. The fourth-order valence-electron chi connectivity index (χ4n) is 9.05. The standard InChI is InChI=1S/C47H40BNO2/c1-45(2)39-23-15-14-18-31(39)34-25-26-37-38-28-29(24-27-40(38)49(44(37)42(34)45)30-16-8-7-9-17-30)41-32-19-10-12-21-35(32)43(36-22-13-11-20-33(36)41)48-50-46(3,4)47(5,6)51-48/h7-28H,1-6H3. The summed E-state index contributed by atoms with van der Waals surface area (Å²) in [6.45, 7) is 13.3. The Kier molecular flexibility index (Phi) is 6.28. The fourth-order valence-corrected chi connectivity index (χ4v) is 9.05. The van der Waals surface area contributed by atoms with Gasteiger partial charge in [-0.1, -0.05) is 123 Å². The van der Waals surface area contributed by atoms with Gasteiger partial charge in [-0.3, -0.25) is 0 Å². The zero-order valence-electron chi connectivity index (χ0n) is 30.0. The summed E-state index contributed by atoms with van der Waals surface area (Å²) in [6.07, 6.45) is 0. The molecule has 7 aromatic carbocycles. The molecule has 0 saturated carbocycles. The van der Waals surface area contributed by atoms with Gasteiger partial charge in [0.15, 0.2) is 0 Å². The molecule has 1 saturated heterocycles. The van der Waals surface area contributed by atoms with Crippen molar-refractivity contribution in [3.8, 4) is 27.9 Å². The minimum atomic E-state index is -0.472. The van der Waals surface area contributed by atoms with Gasteiger partial charge in [0.25, 0.3) is 0 Å².